The molecular weight excluding hydrogens is 490 g/mol. The number of fused-ring (bicyclic) bond motifs is 2. The normalized spacial score (nSPS) is 14.9. The van der Waals surface area contributed by atoms with Crippen molar-refractivity contribution in [2.45, 2.75) is 38.3 Å². The summed E-state index contributed by atoms with van der Waals surface area (Å²) in [5.74, 6) is 0.149. The summed E-state index contributed by atoms with van der Waals surface area (Å²) in [4.78, 5) is 35.7. The summed E-state index contributed by atoms with van der Waals surface area (Å²) in [7, 11) is 0. The summed E-state index contributed by atoms with van der Waals surface area (Å²) < 4.78 is 5.30. The monoisotopic (exact) mass is 517 g/mol. The number of esters is 1. The first kappa shape index (κ1) is 24.5. The van der Waals surface area contributed by atoms with E-state index < -0.39 is 0 Å². The zero-order valence-corrected chi connectivity index (χ0v) is 21.9. The topological polar surface area (TPSA) is 81.2 Å². The van der Waals surface area contributed by atoms with E-state index in [-0.39, 0.29) is 17.6 Å². The van der Waals surface area contributed by atoms with Crippen LogP contribution in [0.2, 0.25) is 0 Å². The summed E-state index contributed by atoms with van der Waals surface area (Å²) in [6, 6.07) is 16.3. The van der Waals surface area contributed by atoms with Gasteiger partial charge in [-0.05, 0) is 60.6 Å². The van der Waals surface area contributed by atoms with Crippen molar-refractivity contribution in [3.63, 3.8) is 0 Å². The van der Waals surface area contributed by atoms with Crippen molar-refractivity contribution in [3.05, 3.63) is 70.7 Å². The molecule has 1 aliphatic carbocycles. The highest BCUT2D eigenvalue weighted by molar-refractivity contribution is 7.99. The first-order chi connectivity index (χ1) is 17.5. The Kier molecular flexibility index (Phi) is 7.34. The van der Waals surface area contributed by atoms with Crippen LogP contribution >= 0.6 is 23.1 Å². The van der Waals surface area contributed by atoms with Gasteiger partial charge < -0.3 is 10.1 Å². The Morgan fingerprint density at radius 2 is 2.00 bits per heavy atom. The zero-order chi connectivity index (χ0) is 25.1. The predicted octanol–water partition coefficient (Wildman–Crippen LogP) is 6.39. The van der Waals surface area contributed by atoms with Crippen molar-refractivity contribution in [2.24, 2.45) is 5.92 Å². The van der Waals surface area contributed by atoms with Crippen molar-refractivity contribution < 1.29 is 14.3 Å². The number of thiophene rings is 1. The summed E-state index contributed by atoms with van der Waals surface area (Å²) in [5.41, 5.74) is 3.37. The number of carbonyl (C=O) groups excluding carboxylic acids is 2. The molecule has 0 bridgehead atoms. The van der Waals surface area contributed by atoms with Gasteiger partial charge in [-0.2, -0.15) is 0 Å². The van der Waals surface area contributed by atoms with Gasteiger partial charge in [0.15, 0.2) is 5.16 Å². The summed E-state index contributed by atoms with van der Waals surface area (Å²) >= 11 is 2.77. The van der Waals surface area contributed by atoms with Gasteiger partial charge in [0, 0.05) is 16.6 Å². The average Bonchev–Trinajstić information content (AvgIpc) is 3.24. The molecule has 2 aromatic carbocycles. The second-order valence-electron chi connectivity index (χ2n) is 8.90. The van der Waals surface area contributed by atoms with Crippen molar-refractivity contribution in [1.82, 2.24) is 9.97 Å². The lowest BCUT2D eigenvalue weighted by atomic mass is 9.88. The Morgan fingerprint density at radius 3 is 2.83 bits per heavy atom. The maximum Gasteiger partial charge on any atom is 0.341 e. The molecule has 0 radical (unpaired) electrons. The van der Waals surface area contributed by atoms with E-state index in [2.05, 4.69) is 46.5 Å². The Morgan fingerprint density at radius 1 is 1.17 bits per heavy atom. The SMILES string of the molecule is CCOC(=O)c1c(NC(=O)CSc2nccc(-c3ccc4ccccc4c3)n2)sc2c1CC[C@H](C)C2. The van der Waals surface area contributed by atoms with Crippen molar-refractivity contribution in [2.75, 3.05) is 17.7 Å². The van der Waals surface area contributed by atoms with Crippen LogP contribution < -0.4 is 5.32 Å². The molecule has 1 amide bonds. The van der Waals surface area contributed by atoms with Crippen LogP contribution in [0.25, 0.3) is 22.0 Å². The number of hydrogen-bond donors (Lipinski definition) is 1. The lowest BCUT2D eigenvalue weighted by Gasteiger charge is -2.18. The molecule has 2 aromatic heterocycles. The van der Waals surface area contributed by atoms with Gasteiger partial charge in [-0.15, -0.1) is 11.3 Å². The highest BCUT2D eigenvalue weighted by Gasteiger charge is 2.29. The van der Waals surface area contributed by atoms with Gasteiger partial charge >= 0.3 is 5.97 Å². The van der Waals surface area contributed by atoms with Crippen LogP contribution in [0.1, 0.15) is 41.1 Å². The number of benzene rings is 2. The Hall–Kier alpha value is -3.23. The maximum absolute atomic E-state index is 12.9. The number of nitrogens with zero attached hydrogens (tertiary/aromatic N) is 2. The van der Waals surface area contributed by atoms with Gasteiger partial charge in [0.2, 0.25) is 5.91 Å². The minimum Gasteiger partial charge on any atom is -0.462 e. The first-order valence-corrected chi connectivity index (χ1v) is 13.9. The van der Waals surface area contributed by atoms with Crippen LogP contribution in [0.15, 0.2) is 59.9 Å². The van der Waals surface area contributed by atoms with E-state index in [0.717, 1.165) is 41.5 Å². The third kappa shape index (κ3) is 5.29. The molecule has 1 N–H and O–H groups in total. The molecule has 8 heteroatoms. The van der Waals surface area contributed by atoms with E-state index in [1.54, 1.807) is 13.1 Å². The van der Waals surface area contributed by atoms with E-state index in [1.807, 2.05) is 24.3 Å². The van der Waals surface area contributed by atoms with Crippen LogP contribution in [-0.2, 0) is 22.4 Å². The van der Waals surface area contributed by atoms with Crippen LogP contribution in [0.3, 0.4) is 0 Å². The molecule has 6 nitrogen and oxygen atoms in total. The molecule has 0 saturated carbocycles. The number of nitrogens with one attached hydrogen (secondary N) is 1. The van der Waals surface area contributed by atoms with E-state index in [4.69, 9.17) is 4.74 Å². The molecule has 36 heavy (non-hydrogen) atoms. The minimum absolute atomic E-state index is 0.141. The maximum atomic E-state index is 12.9. The third-order valence-electron chi connectivity index (χ3n) is 6.26. The van der Waals surface area contributed by atoms with Crippen LogP contribution in [0.5, 0.6) is 0 Å². The molecule has 0 unspecified atom stereocenters. The summed E-state index contributed by atoms with van der Waals surface area (Å²) in [5, 5.41) is 6.40. The van der Waals surface area contributed by atoms with E-state index in [1.165, 1.54) is 33.4 Å². The van der Waals surface area contributed by atoms with Gasteiger partial charge in [0.05, 0.1) is 23.6 Å². The highest BCUT2D eigenvalue weighted by atomic mass is 32.2. The molecule has 0 spiro atoms. The molecule has 1 atom stereocenters. The Bertz CT molecular complexity index is 1430. The van der Waals surface area contributed by atoms with Crippen LogP contribution in [0, 0.1) is 5.92 Å². The molecule has 0 aliphatic heterocycles. The van der Waals surface area contributed by atoms with E-state index in [9.17, 15) is 9.59 Å². The molecule has 184 valence electrons. The van der Waals surface area contributed by atoms with Crippen molar-refractivity contribution >= 4 is 50.7 Å². The molecule has 0 fully saturated rings. The number of amides is 1. The molecular formula is C28H27N3O3S2. The fraction of sp³-hybridized carbons (Fsp3) is 0.286. The Balaban J connectivity index is 1.29. The fourth-order valence-electron chi connectivity index (χ4n) is 4.47. The minimum atomic E-state index is -0.362. The predicted molar refractivity (Wildman–Crippen MR) is 146 cm³/mol. The lowest BCUT2D eigenvalue weighted by Crippen LogP contribution is -2.17. The number of anilines is 1. The lowest BCUT2D eigenvalue weighted by molar-refractivity contribution is -0.113. The zero-order valence-electron chi connectivity index (χ0n) is 20.2. The third-order valence-corrected chi connectivity index (χ3v) is 8.29. The van der Waals surface area contributed by atoms with E-state index >= 15 is 0 Å². The fourth-order valence-corrected chi connectivity index (χ4v) is 6.52. The molecule has 0 saturated heterocycles. The Labute approximate surface area is 218 Å². The van der Waals surface area contributed by atoms with Crippen LogP contribution in [-0.4, -0.2) is 34.2 Å². The van der Waals surface area contributed by atoms with Crippen LogP contribution in [0.4, 0.5) is 5.00 Å². The average molecular weight is 518 g/mol. The highest BCUT2D eigenvalue weighted by Crippen LogP contribution is 2.40. The number of carbonyl (C=O) groups is 2. The van der Waals surface area contributed by atoms with Gasteiger partial charge in [-0.3, -0.25) is 4.79 Å². The number of ether oxygens (including phenoxy) is 1. The van der Waals surface area contributed by atoms with Crippen molar-refractivity contribution in [1.29, 1.82) is 0 Å². The largest absolute Gasteiger partial charge is 0.462 e. The molecule has 5 rings (SSSR count). The standard InChI is InChI=1S/C28H27N3O3S2/c1-3-34-27(33)25-21-11-8-17(2)14-23(21)36-26(25)31-24(32)16-35-28-29-13-12-22(30-28)20-10-9-18-6-4-5-7-19(18)15-20/h4-7,9-10,12-13,15,17H,3,8,11,14,16H2,1-2H3,(H,31,32)/t17-/m0/s1. The van der Waals surface area contributed by atoms with Gasteiger partial charge in [0.1, 0.15) is 5.00 Å². The smallest absolute Gasteiger partial charge is 0.341 e. The van der Waals surface area contributed by atoms with Gasteiger partial charge in [0.25, 0.3) is 0 Å². The molecule has 1 aliphatic rings. The number of aromatic nitrogens is 2. The summed E-state index contributed by atoms with van der Waals surface area (Å²) in [6.45, 7) is 4.31. The first-order valence-electron chi connectivity index (χ1n) is 12.1. The number of thioether (sulfide) groups is 1. The number of hydrogen-bond acceptors (Lipinski definition) is 7. The van der Waals surface area contributed by atoms with E-state index in [0.29, 0.717) is 28.2 Å². The second-order valence-corrected chi connectivity index (χ2v) is 10.9. The number of rotatable bonds is 7. The molecule has 2 heterocycles. The van der Waals surface area contributed by atoms with Gasteiger partial charge in [-0.1, -0.05) is 55.1 Å². The van der Waals surface area contributed by atoms with Gasteiger partial charge in [-0.25, -0.2) is 14.8 Å². The second kappa shape index (κ2) is 10.8. The summed E-state index contributed by atoms with van der Waals surface area (Å²) in [6.07, 6.45) is 4.50. The quantitative estimate of drug-likeness (QED) is 0.174. The van der Waals surface area contributed by atoms with Crippen molar-refractivity contribution in [3.8, 4) is 11.3 Å². The molecule has 4 aromatic rings.